The molecule has 0 aromatic carbocycles. The zero-order chi connectivity index (χ0) is 20.8. The fourth-order valence-electron chi connectivity index (χ4n) is 8.36. The fourth-order valence-corrected chi connectivity index (χ4v) is 8.36. The summed E-state index contributed by atoms with van der Waals surface area (Å²) in [5.74, 6) is -0.397. The minimum Gasteiger partial charge on any atom is -0.458 e. The Morgan fingerprint density at radius 3 is 2.48 bits per heavy atom. The highest BCUT2D eigenvalue weighted by atomic mass is 16.5. The van der Waals surface area contributed by atoms with E-state index in [1.165, 1.54) is 0 Å². The molecule has 5 aliphatic rings. The van der Waals surface area contributed by atoms with Crippen LogP contribution in [0.25, 0.3) is 0 Å². The molecule has 1 heterocycles. The minimum atomic E-state index is -1.03. The monoisotopic (exact) mass is 406 g/mol. The van der Waals surface area contributed by atoms with Crippen LogP contribution in [0.1, 0.15) is 65.2 Å². The number of carbonyl (C=O) groups is 1. The first kappa shape index (κ1) is 20.0. The molecule has 29 heavy (non-hydrogen) atoms. The molecule has 9 atom stereocenters. The molecule has 0 amide bonds. The smallest absolute Gasteiger partial charge is 0.331 e. The highest BCUT2D eigenvalue weighted by Gasteiger charge is 2.72. The Morgan fingerprint density at radius 1 is 1.03 bits per heavy atom. The van der Waals surface area contributed by atoms with Crippen LogP contribution in [-0.4, -0.2) is 56.4 Å². The molecular formula is C23H34O6. The van der Waals surface area contributed by atoms with Crippen molar-refractivity contribution in [3.63, 3.8) is 0 Å². The second-order valence-electron chi connectivity index (χ2n) is 11.0. The number of ether oxygens (including phenoxy) is 1. The van der Waals surface area contributed by atoms with Crippen LogP contribution < -0.4 is 0 Å². The molecule has 5 rings (SSSR count). The van der Waals surface area contributed by atoms with Crippen molar-refractivity contribution in [3.05, 3.63) is 11.6 Å². The van der Waals surface area contributed by atoms with Gasteiger partial charge < -0.3 is 25.2 Å². The molecule has 0 aromatic heterocycles. The first-order chi connectivity index (χ1) is 13.6. The van der Waals surface area contributed by atoms with Crippen molar-refractivity contribution in [2.75, 3.05) is 6.61 Å². The number of aliphatic hydroxyl groups excluding tert-OH is 2. The Kier molecular flexibility index (Phi) is 4.17. The van der Waals surface area contributed by atoms with Gasteiger partial charge in [-0.3, -0.25) is 0 Å². The molecule has 0 radical (unpaired) electrons. The molecule has 1 aliphatic heterocycles. The third kappa shape index (κ3) is 2.35. The molecule has 0 aromatic rings. The molecule has 0 bridgehead atoms. The Morgan fingerprint density at radius 2 is 1.79 bits per heavy atom. The summed E-state index contributed by atoms with van der Waals surface area (Å²) in [6.45, 7) is 4.35. The minimum absolute atomic E-state index is 0.0000378. The van der Waals surface area contributed by atoms with Gasteiger partial charge in [0.05, 0.1) is 23.4 Å². The number of hydrogen-bond acceptors (Lipinski definition) is 6. The van der Waals surface area contributed by atoms with Crippen LogP contribution in [-0.2, 0) is 9.53 Å². The lowest BCUT2D eigenvalue weighted by atomic mass is 9.41. The molecular weight excluding hydrogens is 372 g/mol. The maximum atomic E-state index is 12.1. The lowest BCUT2D eigenvalue weighted by Crippen LogP contribution is -2.70. The predicted molar refractivity (Wildman–Crippen MR) is 105 cm³/mol. The molecule has 0 spiro atoms. The van der Waals surface area contributed by atoms with Crippen LogP contribution in [0.4, 0.5) is 0 Å². The number of aliphatic hydroxyl groups is 4. The second kappa shape index (κ2) is 6.06. The molecule has 4 aliphatic carbocycles. The topological polar surface area (TPSA) is 107 Å². The number of fused-ring (bicyclic) bond motifs is 5. The van der Waals surface area contributed by atoms with Gasteiger partial charge in [-0.15, -0.1) is 0 Å². The standard InChI is InChI=1S/C23H34O6/c1-20-6-3-14(24)11-22(20,27)7-4-16-17(20)10-18(25)21(2)15(5-8-23(16,21)28)13-9-19(26)29-12-13/h9,14-18,24-25,27-28H,3-8,10-12H2,1-2H3. The quantitative estimate of drug-likeness (QED) is 0.494. The van der Waals surface area contributed by atoms with Crippen LogP contribution in [0.5, 0.6) is 0 Å². The first-order valence-corrected chi connectivity index (χ1v) is 11.2. The van der Waals surface area contributed by atoms with E-state index in [2.05, 4.69) is 6.92 Å². The van der Waals surface area contributed by atoms with Gasteiger partial charge in [-0.1, -0.05) is 13.8 Å². The number of carbonyl (C=O) groups excluding carboxylic acids is 1. The highest BCUT2D eigenvalue weighted by Crippen LogP contribution is 2.70. The molecule has 4 saturated carbocycles. The Hall–Kier alpha value is -0.950. The van der Waals surface area contributed by atoms with Gasteiger partial charge in [0.2, 0.25) is 0 Å². The van der Waals surface area contributed by atoms with Crippen molar-refractivity contribution in [2.45, 2.75) is 88.6 Å². The van der Waals surface area contributed by atoms with Crippen LogP contribution in [0.3, 0.4) is 0 Å². The Balaban J connectivity index is 1.53. The SMILES string of the molecule is CC12CCC(O)CC1(O)CCC1C2CC(O)C2(C)C(C3=CC(=O)OC3)CCC12O. The summed E-state index contributed by atoms with van der Waals surface area (Å²) in [7, 11) is 0. The van der Waals surface area contributed by atoms with Crippen molar-refractivity contribution in [1.29, 1.82) is 0 Å². The van der Waals surface area contributed by atoms with E-state index in [0.717, 1.165) is 12.0 Å². The summed E-state index contributed by atoms with van der Waals surface area (Å²) < 4.78 is 5.14. The van der Waals surface area contributed by atoms with E-state index in [0.29, 0.717) is 44.9 Å². The first-order valence-electron chi connectivity index (χ1n) is 11.2. The van der Waals surface area contributed by atoms with E-state index in [-0.39, 0.29) is 30.3 Å². The van der Waals surface area contributed by atoms with Crippen LogP contribution in [0, 0.1) is 28.6 Å². The van der Waals surface area contributed by atoms with Gasteiger partial charge in [0.1, 0.15) is 6.61 Å². The van der Waals surface area contributed by atoms with E-state index in [1.807, 2.05) is 6.92 Å². The van der Waals surface area contributed by atoms with Crippen molar-refractivity contribution in [3.8, 4) is 0 Å². The average Bonchev–Trinajstić information content (AvgIpc) is 3.19. The summed E-state index contributed by atoms with van der Waals surface area (Å²) >= 11 is 0. The van der Waals surface area contributed by atoms with Crippen LogP contribution in [0.2, 0.25) is 0 Å². The lowest BCUT2D eigenvalue weighted by Gasteiger charge is -2.67. The molecule has 0 saturated heterocycles. The van der Waals surface area contributed by atoms with Crippen molar-refractivity contribution in [2.24, 2.45) is 28.6 Å². The van der Waals surface area contributed by atoms with Gasteiger partial charge >= 0.3 is 5.97 Å². The summed E-state index contributed by atoms with van der Waals surface area (Å²) in [6.07, 6.45) is 5.23. The maximum absolute atomic E-state index is 12.1. The predicted octanol–water partition coefficient (Wildman–Crippen LogP) is 1.69. The molecule has 6 nitrogen and oxygen atoms in total. The van der Waals surface area contributed by atoms with E-state index in [1.54, 1.807) is 6.08 Å². The van der Waals surface area contributed by atoms with E-state index < -0.39 is 34.2 Å². The van der Waals surface area contributed by atoms with Crippen molar-refractivity contribution in [1.82, 2.24) is 0 Å². The van der Waals surface area contributed by atoms with Crippen LogP contribution in [0.15, 0.2) is 11.6 Å². The Bertz CT molecular complexity index is 764. The summed E-state index contributed by atoms with van der Waals surface area (Å²) in [6, 6.07) is 0. The summed E-state index contributed by atoms with van der Waals surface area (Å²) in [5, 5.41) is 45.3. The van der Waals surface area contributed by atoms with Gasteiger partial charge in [-0.2, -0.15) is 0 Å². The van der Waals surface area contributed by atoms with Crippen molar-refractivity contribution >= 4 is 5.97 Å². The van der Waals surface area contributed by atoms with Gasteiger partial charge in [0.15, 0.2) is 0 Å². The number of esters is 1. The van der Waals surface area contributed by atoms with E-state index in [9.17, 15) is 25.2 Å². The summed E-state index contributed by atoms with van der Waals surface area (Å²) in [4.78, 5) is 11.7. The second-order valence-corrected chi connectivity index (χ2v) is 11.0. The third-order valence-corrected chi connectivity index (χ3v) is 10.2. The largest absolute Gasteiger partial charge is 0.458 e. The zero-order valence-electron chi connectivity index (χ0n) is 17.4. The van der Waals surface area contributed by atoms with Gasteiger partial charge in [0.25, 0.3) is 0 Å². The average molecular weight is 407 g/mol. The van der Waals surface area contributed by atoms with Gasteiger partial charge in [-0.05, 0) is 73.7 Å². The van der Waals surface area contributed by atoms with Crippen molar-refractivity contribution < 1.29 is 30.0 Å². The zero-order valence-corrected chi connectivity index (χ0v) is 17.4. The molecule has 4 fully saturated rings. The van der Waals surface area contributed by atoms with Gasteiger partial charge in [-0.25, -0.2) is 4.79 Å². The van der Waals surface area contributed by atoms with E-state index >= 15 is 0 Å². The number of rotatable bonds is 1. The molecule has 9 unspecified atom stereocenters. The molecule has 162 valence electrons. The van der Waals surface area contributed by atoms with Crippen LogP contribution >= 0.6 is 0 Å². The lowest BCUT2D eigenvalue weighted by molar-refractivity contribution is -0.277. The number of cyclic esters (lactones) is 1. The fraction of sp³-hybridized carbons (Fsp3) is 0.870. The Labute approximate surface area is 172 Å². The molecule has 4 N–H and O–H groups in total. The number of hydrogen-bond donors (Lipinski definition) is 4. The third-order valence-electron chi connectivity index (χ3n) is 10.2. The summed E-state index contributed by atoms with van der Waals surface area (Å²) in [5.41, 5.74) is -2.23. The highest BCUT2D eigenvalue weighted by molar-refractivity contribution is 5.85. The van der Waals surface area contributed by atoms with Gasteiger partial charge in [0, 0.05) is 17.9 Å². The van der Waals surface area contributed by atoms with E-state index in [4.69, 9.17) is 4.74 Å². The maximum Gasteiger partial charge on any atom is 0.331 e. The normalized spacial score (nSPS) is 56.8. The molecule has 6 heteroatoms.